The predicted molar refractivity (Wildman–Crippen MR) is 52.4 cm³/mol. The van der Waals surface area contributed by atoms with E-state index in [9.17, 15) is 14.4 Å². The van der Waals surface area contributed by atoms with Gasteiger partial charge in [-0.25, -0.2) is 0 Å². The molecule has 1 saturated heterocycles. The zero-order valence-electron chi connectivity index (χ0n) is 9.46. The van der Waals surface area contributed by atoms with Gasteiger partial charge in [0, 0.05) is 20.8 Å². The Morgan fingerprint density at radius 1 is 0.933 bits per heavy atom. The van der Waals surface area contributed by atoms with Crippen molar-refractivity contribution in [3.8, 4) is 0 Å². The third-order valence-electron chi connectivity index (χ3n) is 1.97. The van der Waals surface area contributed by atoms with Crippen molar-refractivity contribution >= 4 is 17.3 Å². The Morgan fingerprint density at radius 3 is 1.40 bits per heavy atom. The van der Waals surface area contributed by atoms with Gasteiger partial charge < -0.3 is 9.47 Å². The van der Waals surface area contributed by atoms with Crippen molar-refractivity contribution in [2.75, 3.05) is 13.2 Å². The molecule has 1 aliphatic heterocycles. The molecule has 5 heteroatoms. The maximum absolute atomic E-state index is 10.7. The third kappa shape index (κ3) is 4.80. The smallest absolute Gasteiger partial charge is 0.225 e. The Bertz CT molecular complexity index is 251. The largest absolute Gasteiger partial charge is 0.341 e. The first-order chi connectivity index (χ1) is 6.79. The van der Waals surface area contributed by atoms with E-state index < -0.39 is 5.79 Å². The van der Waals surface area contributed by atoms with Crippen molar-refractivity contribution in [1.82, 2.24) is 0 Å². The van der Waals surface area contributed by atoms with E-state index >= 15 is 0 Å². The second-order valence-corrected chi connectivity index (χ2v) is 3.31. The van der Waals surface area contributed by atoms with Crippen molar-refractivity contribution < 1.29 is 23.9 Å². The molecule has 0 unspecified atom stereocenters. The standard InChI is InChI=1S/C6H10O3.C4H6O2/c1-5(7)6(2)8-3-4-9-6;1-3(5)4(2)6/h3-4H2,1-2H3;1-2H3. The van der Waals surface area contributed by atoms with E-state index in [4.69, 9.17) is 9.47 Å². The Kier molecular flexibility index (Phi) is 5.32. The van der Waals surface area contributed by atoms with E-state index in [0.29, 0.717) is 13.2 Å². The number of carbonyl (C=O) groups excluding carboxylic acids is 3. The lowest BCUT2D eigenvalue weighted by Gasteiger charge is -2.17. The van der Waals surface area contributed by atoms with Crippen LogP contribution in [-0.4, -0.2) is 36.4 Å². The average Bonchev–Trinajstić information content (AvgIpc) is 2.54. The van der Waals surface area contributed by atoms with Crippen molar-refractivity contribution in [2.45, 2.75) is 33.5 Å². The zero-order valence-corrected chi connectivity index (χ0v) is 9.46. The summed E-state index contributed by atoms with van der Waals surface area (Å²) in [6.07, 6.45) is 0. The molecule has 1 aliphatic rings. The van der Waals surface area contributed by atoms with Crippen LogP contribution in [0.4, 0.5) is 0 Å². The van der Waals surface area contributed by atoms with Crippen LogP contribution in [0.3, 0.4) is 0 Å². The monoisotopic (exact) mass is 216 g/mol. The molecule has 1 heterocycles. The van der Waals surface area contributed by atoms with Crippen molar-refractivity contribution in [3.63, 3.8) is 0 Å². The van der Waals surface area contributed by atoms with Crippen molar-refractivity contribution in [1.29, 1.82) is 0 Å². The summed E-state index contributed by atoms with van der Waals surface area (Å²) in [6, 6.07) is 0. The third-order valence-corrected chi connectivity index (χ3v) is 1.97. The maximum atomic E-state index is 10.7. The van der Waals surface area contributed by atoms with E-state index in [2.05, 4.69) is 0 Å². The van der Waals surface area contributed by atoms with Gasteiger partial charge in [0.15, 0.2) is 17.3 Å². The van der Waals surface area contributed by atoms with Crippen LogP contribution in [0.25, 0.3) is 0 Å². The number of carbonyl (C=O) groups is 3. The van der Waals surface area contributed by atoms with Gasteiger partial charge in [0.2, 0.25) is 5.79 Å². The SMILES string of the molecule is CC(=O)C(C)=O.CC(=O)C1(C)OCCO1. The van der Waals surface area contributed by atoms with E-state index in [1.54, 1.807) is 6.92 Å². The minimum absolute atomic E-state index is 0.0694. The summed E-state index contributed by atoms with van der Waals surface area (Å²) in [6.45, 7) is 6.66. The fourth-order valence-electron chi connectivity index (χ4n) is 0.718. The van der Waals surface area contributed by atoms with Gasteiger partial charge in [-0.1, -0.05) is 0 Å². The first-order valence-corrected chi connectivity index (χ1v) is 4.60. The first-order valence-electron chi connectivity index (χ1n) is 4.60. The van der Waals surface area contributed by atoms with Crippen LogP contribution in [0.2, 0.25) is 0 Å². The highest BCUT2D eigenvalue weighted by molar-refractivity contribution is 6.35. The molecule has 0 aromatic carbocycles. The van der Waals surface area contributed by atoms with E-state index in [0.717, 1.165) is 0 Å². The van der Waals surface area contributed by atoms with Gasteiger partial charge in [0.25, 0.3) is 0 Å². The first kappa shape index (κ1) is 13.9. The molecule has 86 valence electrons. The van der Waals surface area contributed by atoms with E-state index in [1.807, 2.05) is 0 Å². The predicted octanol–water partition coefficient (Wildman–Crippen LogP) is 0.503. The highest BCUT2D eigenvalue weighted by Gasteiger charge is 2.35. The highest BCUT2D eigenvalue weighted by atomic mass is 16.7. The van der Waals surface area contributed by atoms with Crippen LogP contribution in [0.15, 0.2) is 0 Å². The molecule has 0 spiro atoms. The molecule has 1 rings (SSSR count). The second kappa shape index (κ2) is 5.72. The summed E-state index contributed by atoms with van der Waals surface area (Å²) < 4.78 is 10.1. The number of rotatable bonds is 2. The molecule has 0 bridgehead atoms. The molecule has 0 amide bonds. The molecule has 0 aliphatic carbocycles. The lowest BCUT2D eigenvalue weighted by molar-refractivity contribution is -0.171. The molecule has 0 saturated carbocycles. The van der Waals surface area contributed by atoms with Crippen LogP contribution in [0.5, 0.6) is 0 Å². The Hall–Kier alpha value is -1.07. The number of ketones is 3. The molecule has 0 radical (unpaired) electrons. The molecular weight excluding hydrogens is 200 g/mol. The fourth-order valence-corrected chi connectivity index (χ4v) is 0.718. The molecule has 0 atom stereocenters. The van der Waals surface area contributed by atoms with Crippen LogP contribution in [0.1, 0.15) is 27.7 Å². The molecule has 5 nitrogen and oxygen atoms in total. The average molecular weight is 216 g/mol. The molecule has 0 N–H and O–H groups in total. The summed E-state index contributed by atoms with van der Waals surface area (Å²) in [5.41, 5.74) is 0. The number of ether oxygens (including phenoxy) is 2. The van der Waals surface area contributed by atoms with Gasteiger partial charge in [-0.3, -0.25) is 14.4 Å². The van der Waals surface area contributed by atoms with Crippen LogP contribution in [-0.2, 0) is 23.9 Å². The van der Waals surface area contributed by atoms with Gasteiger partial charge in [-0.15, -0.1) is 0 Å². The Balaban J connectivity index is 0.000000288. The second-order valence-electron chi connectivity index (χ2n) is 3.31. The number of hydrogen-bond donors (Lipinski definition) is 0. The Labute approximate surface area is 88.7 Å². The van der Waals surface area contributed by atoms with Gasteiger partial charge in [-0.2, -0.15) is 0 Å². The van der Waals surface area contributed by atoms with E-state index in [-0.39, 0.29) is 17.3 Å². The quantitative estimate of drug-likeness (QED) is 0.629. The topological polar surface area (TPSA) is 69.7 Å². The Morgan fingerprint density at radius 2 is 1.27 bits per heavy atom. The normalized spacial score (nSPS) is 17.6. The summed E-state index contributed by atoms with van der Waals surface area (Å²) in [5, 5.41) is 0. The minimum atomic E-state index is -0.944. The van der Waals surface area contributed by atoms with Gasteiger partial charge in [-0.05, 0) is 6.92 Å². The van der Waals surface area contributed by atoms with E-state index in [1.165, 1.54) is 20.8 Å². The lowest BCUT2D eigenvalue weighted by atomic mass is 10.2. The summed E-state index contributed by atoms with van der Waals surface area (Å²) >= 11 is 0. The molecule has 0 aromatic rings. The minimum Gasteiger partial charge on any atom is -0.341 e. The van der Waals surface area contributed by atoms with Gasteiger partial charge >= 0.3 is 0 Å². The zero-order chi connectivity index (χ0) is 12.1. The van der Waals surface area contributed by atoms with Crippen LogP contribution < -0.4 is 0 Å². The molecule has 0 aromatic heterocycles. The van der Waals surface area contributed by atoms with Gasteiger partial charge in [0.1, 0.15) is 0 Å². The molecule has 1 fully saturated rings. The fraction of sp³-hybridized carbons (Fsp3) is 0.700. The number of Topliss-reactive ketones (excluding diaryl/α,β-unsaturated/α-hetero) is 3. The van der Waals surface area contributed by atoms with Gasteiger partial charge in [0.05, 0.1) is 13.2 Å². The molecular formula is C10H16O5. The summed E-state index contributed by atoms with van der Waals surface area (Å²) in [4.78, 5) is 30.3. The summed E-state index contributed by atoms with van der Waals surface area (Å²) in [5.74, 6) is -1.77. The summed E-state index contributed by atoms with van der Waals surface area (Å²) in [7, 11) is 0. The van der Waals surface area contributed by atoms with Crippen LogP contribution >= 0.6 is 0 Å². The highest BCUT2D eigenvalue weighted by Crippen LogP contribution is 2.18. The lowest BCUT2D eigenvalue weighted by Crippen LogP contribution is -2.33. The number of hydrogen-bond acceptors (Lipinski definition) is 5. The van der Waals surface area contributed by atoms with Crippen molar-refractivity contribution in [2.24, 2.45) is 0 Å². The molecule has 15 heavy (non-hydrogen) atoms. The van der Waals surface area contributed by atoms with Crippen molar-refractivity contribution in [3.05, 3.63) is 0 Å². The maximum Gasteiger partial charge on any atom is 0.225 e. The van der Waals surface area contributed by atoms with Crippen LogP contribution in [0, 0.1) is 0 Å².